The van der Waals surface area contributed by atoms with Crippen LogP contribution in [0.1, 0.15) is 24.0 Å². The Kier molecular flexibility index (Phi) is 6.22. The van der Waals surface area contributed by atoms with Gasteiger partial charge < -0.3 is 5.32 Å². The maximum absolute atomic E-state index is 4.33. The van der Waals surface area contributed by atoms with Crippen molar-refractivity contribution in [2.45, 2.75) is 32.4 Å². The second-order valence-electron chi connectivity index (χ2n) is 6.40. The highest BCUT2D eigenvalue weighted by Crippen LogP contribution is 2.26. The Balaban J connectivity index is 0.00000192. The maximum atomic E-state index is 4.33. The summed E-state index contributed by atoms with van der Waals surface area (Å²) in [6.07, 6.45) is 6.55. The van der Waals surface area contributed by atoms with Crippen LogP contribution in [0.4, 0.5) is 0 Å². The van der Waals surface area contributed by atoms with Crippen molar-refractivity contribution >= 4 is 12.4 Å². The van der Waals surface area contributed by atoms with Crippen LogP contribution in [0.5, 0.6) is 0 Å². The zero-order chi connectivity index (χ0) is 15.5. The molecule has 1 fully saturated rings. The van der Waals surface area contributed by atoms with E-state index in [-0.39, 0.29) is 12.4 Å². The van der Waals surface area contributed by atoms with Crippen LogP contribution < -0.4 is 5.32 Å². The van der Waals surface area contributed by atoms with Gasteiger partial charge in [-0.15, -0.1) is 12.4 Å². The number of nitrogens with zero attached hydrogens (tertiary/aromatic N) is 3. The lowest BCUT2D eigenvalue weighted by molar-refractivity contribution is 0.195. The van der Waals surface area contributed by atoms with Gasteiger partial charge in [0.25, 0.3) is 0 Å². The van der Waals surface area contributed by atoms with E-state index in [0.29, 0.717) is 6.04 Å². The summed E-state index contributed by atoms with van der Waals surface area (Å²) in [5.41, 5.74) is 5.24. The highest BCUT2D eigenvalue weighted by Gasteiger charge is 2.19. The van der Waals surface area contributed by atoms with Gasteiger partial charge >= 0.3 is 0 Å². The number of hydrogen-bond acceptors (Lipinski definition) is 3. The first-order chi connectivity index (χ1) is 10.7. The number of nitrogens with one attached hydrogen (secondary N) is 1. The van der Waals surface area contributed by atoms with Crippen LogP contribution in [-0.4, -0.2) is 40.9 Å². The van der Waals surface area contributed by atoms with Crippen LogP contribution in [-0.2, 0) is 13.6 Å². The molecule has 0 amide bonds. The molecule has 1 aromatic carbocycles. The zero-order valence-electron chi connectivity index (χ0n) is 14.2. The average molecular weight is 335 g/mol. The van der Waals surface area contributed by atoms with Crippen LogP contribution >= 0.6 is 12.4 Å². The number of aryl methyl sites for hydroxylation is 2. The molecule has 0 atom stereocenters. The molecule has 5 heteroatoms. The minimum Gasteiger partial charge on any atom is -0.317 e. The lowest BCUT2D eigenvalue weighted by atomic mass is 9.98. The number of benzene rings is 1. The fourth-order valence-electron chi connectivity index (χ4n) is 3.28. The first-order valence-corrected chi connectivity index (χ1v) is 8.14. The van der Waals surface area contributed by atoms with Gasteiger partial charge in [0.2, 0.25) is 0 Å². The second kappa shape index (κ2) is 7.95. The molecule has 0 aliphatic carbocycles. The summed E-state index contributed by atoms with van der Waals surface area (Å²) in [6.45, 7) is 5.53. The summed E-state index contributed by atoms with van der Waals surface area (Å²) in [5, 5.41) is 7.72. The van der Waals surface area contributed by atoms with Crippen molar-refractivity contribution in [2.75, 3.05) is 20.1 Å². The lowest BCUT2D eigenvalue weighted by Gasteiger charge is -2.32. The van der Waals surface area contributed by atoms with Gasteiger partial charge in [0, 0.05) is 31.4 Å². The number of rotatable bonds is 4. The van der Waals surface area contributed by atoms with Gasteiger partial charge in [-0.1, -0.05) is 23.8 Å². The highest BCUT2D eigenvalue weighted by molar-refractivity contribution is 5.85. The van der Waals surface area contributed by atoms with Crippen molar-refractivity contribution in [3.63, 3.8) is 0 Å². The topological polar surface area (TPSA) is 33.1 Å². The molecule has 1 aliphatic rings. The number of piperidine rings is 1. The van der Waals surface area contributed by atoms with Crippen LogP contribution in [0.15, 0.2) is 30.6 Å². The minimum atomic E-state index is 0. The van der Waals surface area contributed by atoms with Crippen molar-refractivity contribution < 1.29 is 0 Å². The molecule has 1 N–H and O–H groups in total. The monoisotopic (exact) mass is 334 g/mol. The fraction of sp³-hybridized carbons (Fsp3) is 0.500. The molecular weight excluding hydrogens is 308 g/mol. The minimum absolute atomic E-state index is 0. The molecule has 23 heavy (non-hydrogen) atoms. The van der Waals surface area contributed by atoms with Gasteiger partial charge in [-0.2, -0.15) is 5.10 Å². The van der Waals surface area contributed by atoms with Crippen molar-refractivity contribution in [1.82, 2.24) is 20.0 Å². The molecule has 1 aromatic heterocycles. The molecule has 4 nitrogen and oxygen atoms in total. The highest BCUT2D eigenvalue weighted by atomic mass is 35.5. The smallest absolute Gasteiger partial charge is 0.0568 e. The summed E-state index contributed by atoms with van der Waals surface area (Å²) in [6, 6.07) is 7.47. The van der Waals surface area contributed by atoms with Gasteiger partial charge in [-0.3, -0.25) is 9.58 Å². The summed E-state index contributed by atoms with van der Waals surface area (Å²) in [4.78, 5) is 2.57. The number of hydrogen-bond donors (Lipinski definition) is 1. The predicted octanol–water partition coefficient (Wildman–Crippen LogP) is 3.00. The summed E-state index contributed by atoms with van der Waals surface area (Å²) >= 11 is 0. The Labute approximate surface area is 145 Å². The third-order valence-electron chi connectivity index (χ3n) is 4.67. The van der Waals surface area contributed by atoms with Gasteiger partial charge in [-0.05, 0) is 51.0 Å². The molecule has 1 saturated heterocycles. The first kappa shape index (κ1) is 18.0. The van der Waals surface area contributed by atoms with Gasteiger partial charge in [0.15, 0.2) is 0 Å². The van der Waals surface area contributed by atoms with E-state index >= 15 is 0 Å². The molecule has 2 aromatic rings. The number of halogens is 1. The zero-order valence-corrected chi connectivity index (χ0v) is 15.1. The van der Waals surface area contributed by atoms with E-state index in [1.54, 1.807) is 0 Å². The van der Waals surface area contributed by atoms with Crippen molar-refractivity contribution in [1.29, 1.82) is 0 Å². The molecule has 126 valence electrons. The number of likely N-dealkylation sites (tertiary alicyclic amines) is 1. The van der Waals surface area contributed by atoms with Crippen molar-refractivity contribution in [3.8, 4) is 11.1 Å². The van der Waals surface area contributed by atoms with E-state index in [2.05, 4.69) is 53.7 Å². The normalized spacial score (nSPS) is 16.3. The van der Waals surface area contributed by atoms with Crippen molar-refractivity contribution in [3.05, 3.63) is 41.7 Å². The molecular formula is C18H27ClN4. The first-order valence-electron chi connectivity index (χ1n) is 8.14. The Morgan fingerprint density at radius 1 is 1.26 bits per heavy atom. The molecule has 3 rings (SSSR count). The molecule has 0 unspecified atom stereocenters. The maximum Gasteiger partial charge on any atom is 0.0568 e. The van der Waals surface area contributed by atoms with Crippen LogP contribution in [0.25, 0.3) is 11.1 Å². The Morgan fingerprint density at radius 3 is 2.61 bits per heavy atom. The van der Waals surface area contributed by atoms with Gasteiger partial charge in [0.05, 0.1) is 6.20 Å². The lowest BCUT2D eigenvalue weighted by Crippen LogP contribution is -2.40. The molecule has 0 saturated carbocycles. The molecule has 2 heterocycles. The van der Waals surface area contributed by atoms with E-state index in [0.717, 1.165) is 6.54 Å². The van der Waals surface area contributed by atoms with Crippen LogP contribution in [0, 0.1) is 6.92 Å². The molecule has 0 radical (unpaired) electrons. The second-order valence-corrected chi connectivity index (χ2v) is 6.40. The van der Waals surface area contributed by atoms with E-state index in [9.17, 15) is 0 Å². The molecule has 1 aliphatic heterocycles. The quantitative estimate of drug-likeness (QED) is 0.933. The largest absolute Gasteiger partial charge is 0.317 e. The predicted molar refractivity (Wildman–Crippen MR) is 98.0 cm³/mol. The third-order valence-corrected chi connectivity index (χ3v) is 4.67. The Hall–Kier alpha value is -1.36. The Morgan fingerprint density at radius 2 is 2.00 bits per heavy atom. The molecule has 0 spiro atoms. The SMILES string of the molecule is CNC1CCN(Cc2ccc(C)cc2-c2cnn(C)c2)CC1.Cl. The van der Waals surface area contributed by atoms with Gasteiger partial charge in [-0.25, -0.2) is 0 Å². The van der Waals surface area contributed by atoms with E-state index in [4.69, 9.17) is 0 Å². The molecule has 0 bridgehead atoms. The van der Waals surface area contributed by atoms with Crippen LogP contribution in [0.3, 0.4) is 0 Å². The van der Waals surface area contributed by atoms with E-state index in [1.165, 1.54) is 48.2 Å². The Bertz CT molecular complexity index is 630. The standard InChI is InChI=1S/C18H26N4.ClH/c1-14-4-5-15(13-22-8-6-17(19-2)7-9-22)18(10-14)16-11-20-21(3)12-16;/h4-5,10-12,17,19H,6-9,13H2,1-3H3;1H. The number of aromatic nitrogens is 2. The summed E-state index contributed by atoms with van der Waals surface area (Å²) in [5.74, 6) is 0. The summed E-state index contributed by atoms with van der Waals surface area (Å²) < 4.78 is 1.87. The van der Waals surface area contributed by atoms with Crippen molar-refractivity contribution in [2.24, 2.45) is 7.05 Å². The van der Waals surface area contributed by atoms with Gasteiger partial charge in [0.1, 0.15) is 0 Å². The van der Waals surface area contributed by atoms with Crippen LogP contribution in [0.2, 0.25) is 0 Å². The van der Waals surface area contributed by atoms with E-state index in [1.807, 2.05) is 17.9 Å². The fourth-order valence-corrected chi connectivity index (χ4v) is 3.28. The van der Waals surface area contributed by atoms with E-state index < -0.39 is 0 Å². The average Bonchev–Trinajstić information content (AvgIpc) is 2.96. The third kappa shape index (κ3) is 4.34. The summed E-state index contributed by atoms with van der Waals surface area (Å²) in [7, 11) is 4.04.